The van der Waals surface area contributed by atoms with Crippen LogP contribution in [-0.2, 0) is 17.9 Å². The number of nitrogens with one attached hydrogen (secondary N) is 1. The summed E-state index contributed by atoms with van der Waals surface area (Å²) in [4.78, 5) is 16.6. The molecule has 0 aliphatic rings. The number of amides is 1. The minimum Gasteiger partial charge on any atom is -0.497 e. The predicted molar refractivity (Wildman–Crippen MR) is 111 cm³/mol. The Bertz CT molecular complexity index is 927. The van der Waals surface area contributed by atoms with Crippen molar-refractivity contribution in [1.82, 2.24) is 9.55 Å². The van der Waals surface area contributed by atoms with Gasteiger partial charge >= 0.3 is 0 Å². The number of ether oxygens (including phenoxy) is 1. The Morgan fingerprint density at radius 3 is 2.57 bits per heavy atom. The molecular formula is C20H20ClN3O3S. The Hall–Kier alpha value is -2.48. The van der Waals surface area contributed by atoms with Crippen LogP contribution in [0, 0.1) is 0 Å². The zero-order chi connectivity index (χ0) is 19.9. The number of hydrogen-bond acceptors (Lipinski definition) is 5. The Kier molecular flexibility index (Phi) is 6.97. The third kappa shape index (κ3) is 5.28. The zero-order valence-electron chi connectivity index (χ0n) is 15.3. The van der Waals surface area contributed by atoms with E-state index < -0.39 is 0 Å². The van der Waals surface area contributed by atoms with E-state index in [4.69, 9.17) is 16.3 Å². The van der Waals surface area contributed by atoms with Crippen LogP contribution in [-0.4, -0.2) is 33.4 Å². The molecule has 0 aliphatic heterocycles. The first kappa shape index (κ1) is 20.3. The standard InChI is InChI=1S/C20H20ClN3O3S/c1-27-18-8-6-16(7-9-18)23-19(26)13-28-20-22-10-17(12-25)24(20)11-14-2-4-15(21)5-3-14/h2-10,25H,11-13H2,1H3,(H,23,26). The molecule has 28 heavy (non-hydrogen) atoms. The number of anilines is 1. The number of hydrogen-bond donors (Lipinski definition) is 2. The monoisotopic (exact) mass is 417 g/mol. The van der Waals surface area contributed by atoms with Crippen molar-refractivity contribution in [2.24, 2.45) is 0 Å². The van der Waals surface area contributed by atoms with E-state index in [-0.39, 0.29) is 18.3 Å². The molecule has 0 aliphatic carbocycles. The fourth-order valence-corrected chi connectivity index (χ4v) is 3.50. The lowest BCUT2D eigenvalue weighted by molar-refractivity contribution is -0.113. The molecule has 0 spiro atoms. The molecule has 0 saturated carbocycles. The van der Waals surface area contributed by atoms with Crippen molar-refractivity contribution < 1.29 is 14.6 Å². The van der Waals surface area contributed by atoms with Crippen LogP contribution in [0.25, 0.3) is 0 Å². The fourth-order valence-electron chi connectivity index (χ4n) is 2.58. The summed E-state index contributed by atoms with van der Waals surface area (Å²) < 4.78 is 7.00. The average molecular weight is 418 g/mol. The summed E-state index contributed by atoms with van der Waals surface area (Å²) in [7, 11) is 1.59. The molecule has 0 unspecified atom stereocenters. The molecule has 0 atom stereocenters. The summed E-state index contributed by atoms with van der Waals surface area (Å²) in [5.41, 5.74) is 2.42. The summed E-state index contributed by atoms with van der Waals surface area (Å²) in [6.45, 7) is 0.411. The van der Waals surface area contributed by atoms with Crippen LogP contribution in [0.15, 0.2) is 59.9 Å². The van der Waals surface area contributed by atoms with E-state index in [2.05, 4.69) is 10.3 Å². The minimum absolute atomic E-state index is 0.126. The zero-order valence-corrected chi connectivity index (χ0v) is 16.8. The molecule has 146 valence electrons. The molecule has 3 rings (SSSR count). The highest BCUT2D eigenvalue weighted by atomic mass is 35.5. The number of benzene rings is 2. The molecule has 1 aromatic heterocycles. The van der Waals surface area contributed by atoms with Crippen molar-refractivity contribution in [3.05, 3.63) is 71.0 Å². The van der Waals surface area contributed by atoms with Crippen LogP contribution in [0.1, 0.15) is 11.3 Å². The van der Waals surface area contributed by atoms with Gasteiger partial charge in [0.15, 0.2) is 5.16 Å². The van der Waals surface area contributed by atoms with Crippen molar-refractivity contribution in [2.45, 2.75) is 18.3 Å². The van der Waals surface area contributed by atoms with Gasteiger partial charge in [0, 0.05) is 17.3 Å². The van der Waals surface area contributed by atoms with Crippen molar-refractivity contribution >= 4 is 35.0 Å². The van der Waals surface area contributed by atoms with E-state index in [9.17, 15) is 9.90 Å². The number of halogens is 1. The van der Waals surface area contributed by atoms with E-state index in [0.29, 0.717) is 28.1 Å². The lowest BCUT2D eigenvalue weighted by Crippen LogP contribution is -2.15. The maximum Gasteiger partial charge on any atom is 0.234 e. The molecule has 0 bridgehead atoms. The second-order valence-corrected chi connectivity index (χ2v) is 7.35. The normalized spacial score (nSPS) is 10.7. The maximum atomic E-state index is 12.3. The van der Waals surface area contributed by atoms with Crippen molar-refractivity contribution in [2.75, 3.05) is 18.2 Å². The molecule has 6 nitrogen and oxygen atoms in total. The number of methoxy groups -OCH3 is 1. The minimum atomic E-state index is -0.137. The van der Waals surface area contributed by atoms with Gasteiger partial charge in [-0.15, -0.1) is 0 Å². The fraction of sp³-hybridized carbons (Fsp3) is 0.200. The summed E-state index contributed by atoms with van der Waals surface area (Å²) in [5.74, 6) is 0.795. The molecule has 0 radical (unpaired) electrons. The molecule has 1 amide bonds. The number of carbonyl (C=O) groups is 1. The number of aliphatic hydroxyl groups is 1. The molecule has 2 aromatic carbocycles. The first-order valence-electron chi connectivity index (χ1n) is 8.55. The van der Waals surface area contributed by atoms with Gasteiger partial charge in [-0.2, -0.15) is 0 Å². The third-order valence-electron chi connectivity index (χ3n) is 4.02. The smallest absolute Gasteiger partial charge is 0.234 e. The number of carbonyl (C=O) groups excluding carboxylic acids is 1. The van der Waals surface area contributed by atoms with E-state index in [0.717, 1.165) is 11.3 Å². The molecule has 1 heterocycles. The molecule has 0 fully saturated rings. The third-order valence-corrected chi connectivity index (χ3v) is 5.27. The first-order valence-corrected chi connectivity index (χ1v) is 9.92. The van der Waals surface area contributed by atoms with E-state index in [1.165, 1.54) is 11.8 Å². The Morgan fingerprint density at radius 1 is 1.21 bits per heavy atom. The van der Waals surface area contributed by atoms with Gasteiger partial charge in [0.05, 0.1) is 31.4 Å². The molecule has 0 saturated heterocycles. The lowest BCUT2D eigenvalue weighted by Gasteiger charge is -2.11. The Balaban J connectivity index is 1.64. The Labute approximate surface area is 172 Å². The van der Waals surface area contributed by atoms with Crippen LogP contribution in [0.5, 0.6) is 5.75 Å². The Morgan fingerprint density at radius 2 is 1.93 bits per heavy atom. The number of imidazole rings is 1. The van der Waals surface area contributed by atoms with Gasteiger partial charge in [-0.1, -0.05) is 35.5 Å². The van der Waals surface area contributed by atoms with Gasteiger partial charge in [-0.25, -0.2) is 4.98 Å². The molecular weight excluding hydrogens is 398 g/mol. The summed E-state index contributed by atoms with van der Waals surface area (Å²) in [6, 6.07) is 14.6. The number of aliphatic hydroxyl groups excluding tert-OH is 1. The second-order valence-electron chi connectivity index (χ2n) is 5.97. The second kappa shape index (κ2) is 9.64. The SMILES string of the molecule is COc1ccc(NC(=O)CSc2ncc(CO)n2Cc2ccc(Cl)cc2)cc1. The summed E-state index contributed by atoms with van der Waals surface area (Å²) in [6.07, 6.45) is 1.62. The van der Waals surface area contributed by atoms with Crippen molar-refractivity contribution in [3.8, 4) is 5.75 Å². The van der Waals surface area contributed by atoms with Crippen LogP contribution < -0.4 is 10.1 Å². The highest BCUT2D eigenvalue weighted by Gasteiger charge is 2.13. The number of thioether (sulfide) groups is 1. The van der Waals surface area contributed by atoms with Crippen molar-refractivity contribution in [1.29, 1.82) is 0 Å². The first-order chi connectivity index (χ1) is 13.6. The van der Waals surface area contributed by atoms with Gasteiger partial charge in [0.25, 0.3) is 0 Å². The highest BCUT2D eigenvalue weighted by Crippen LogP contribution is 2.22. The lowest BCUT2D eigenvalue weighted by atomic mass is 10.2. The molecule has 2 N–H and O–H groups in total. The van der Waals surface area contributed by atoms with Gasteiger partial charge in [-0.05, 0) is 42.0 Å². The van der Waals surface area contributed by atoms with Crippen LogP contribution >= 0.6 is 23.4 Å². The summed E-state index contributed by atoms with van der Waals surface area (Å²) in [5, 5.41) is 13.8. The number of nitrogens with zero attached hydrogens (tertiary/aromatic N) is 2. The van der Waals surface area contributed by atoms with Crippen LogP contribution in [0.2, 0.25) is 5.02 Å². The largest absolute Gasteiger partial charge is 0.497 e. The molecule has 3 aromatic rings. The highest BCUT2D eigenvalue weighted by molar-refractivity contribution is 7.99. The number of rotatable bonds is 8. The van der Waals surface area contributed by atoms with E-state index >= 15 is 0 Å². The summed E-state index contributed by atoms with van der Waals surface area (Å²) >= 11 is 7.26. The quantitative estimate of drug-likeness (QED) is 0.545. The van der Waals surface area contributed by atoms with Gasteiger partial charge in [0.1, 0.15) is 5.75 Å². The van der Waals surface area contributed by atoms with Gasteiger partial charge < -0.3 is 19.7 Å². The van der Waals surface area contributed by atoms with E-state index in [1.54, 1.807) is 37.6 Å². The number of aromatic nitrogens is 2. The van der Waals surface area contributed by atoms with E-state index in [1.807, 2.05) is 28.8 Å². The average Bonchev–Trinajstić information content (AvgIpc) is 3.10. The van der Waals surface area contributed by atoms with Gasteiger partial charge in [0.2, 0.25) is 5.91 Å². The van der Waals surface area contributed by atoms with Crippen molar-refractivity contribution in [3.63, 3.8) is 0 Å². The van der Waals surface area contributed by atoms with Crippen LogP contribution in [0.3, 0.4) is 0 Å². The van der Waals surface area contributed by atoms with Crippen LogP contribution in [0.4, 0.5) is 5.69 Å². The molecule has 8 heteroatoms. The predicted octanol–water partition coefficient (Wildman–Crippen LogP) is 3.82. The topological polar surface area (TPSA) is 76.4 Å². The maximum absolute atomic E-state index is 12.3. The van der Waals surface area contributed by atoms with Gasteiger partial charge in [-0.3, -0.25) is 4.79 Å².